The largest absolute Gasteiger partial charge is 0.480 e. The molecular weight excluding hydrogens is 222 g/mol. The summed E-state index contributed by atoms with van der Waals surface area (Å²) in [5.74, 6) is -0.954. The molecule has 0 spiro atoms. The van der Waals surface area contributed by atoms with Crippen molar-refractivity contribution in [1.82, 2.24) is 5.32 Å². The van der Waals surface area contributed by atoms with Crippen LogP contribution in [0.4, 0.5) is 4.79 Å². The SMILES string of the molecule is CCCCOC(=O)NC1(C(=O)O)CCCCC1. The molecule has 1 rings (SSSR count). The van der Waals surface area contributed by atoms with Crippen LogP contribution in [0.2, 0.25) is 0 Å². The Bertz CT molecular complexity index is 272. The number of aliphatic carboxylic acids is 1. The normalized spacial score (nSPS) is 18.4. The number of hydrogen-bond donors (Lipinski definition) is 2. The minimum absolute atomic E-state index is 0.345. The number of carbonyl (C=O) groups is 2. The van der Waals surface area contributed by atoms with Crippen molar-refractivity contribution in [2.75, 3.05) is 6.61 Å². The van der Waals surface area contributed by atoms with Crippen LogP contribution in [0.25, 0.3) is 0 Å². The third-order valence-corrected chi connectivity index (χ3v) is 3.19. The summed E-state index contributed by atoms with van der Waals surface area (Å²) in [6.07, 6.45) is 4.81. The van der Waals surface area contributed by atoms with Crippen LogP contribution in [0.5, 0.6) is 0 Å². The summed E-state index contributed by atoms with van der Waals surface area (Å²) < 4.78 is 4.95. The molecule has 0 aromatic carbocycles. The number of carbonyl (C=O) groups excluding carboxylic acids is 1. The van der Waals surface area contributed by atoms with Gasteiger partial charge in [0, 0.05) is 0 Å². The zero-order valence-electron chi connectivity index (χ0n) is 10.3. The fourth-order valence-corrected chi connectivity index (χ4v) is 2.09. The second-order valence-electron chi connectivity index (χ2n) is 4.56. The van der Waals surface area contributed by atoms with Gasteiger partial charge in [-0.3, -0.25) is 0 Å². The van der Waals surface area contributed by atoms with Crippen LogP contribution < -0.4 is 5.32 Å². The lowest BCUT2D eigenvalue weighted by Crippen LogP contribution is -2.55. The second kappa shape index (κ2) is 6.47. The van der Waals surface area contributed by atoms with E-state index in [-0.39, 0.29) is 0 Å². The third-order valence-electron chi connectivity index (χ3n) is 3.19. The first-order valence-corrected chi connectivity index (χ1v) is 6.29. The highest BCUT2D eigenvalue weighted by Crippen LogP contribution is 2.28. The summed E-state index contributed by atoms with van der Waals surface area (Å²) in [5, 5.41) is 11.8. The van der Waals surface area contributed by atoms with Crippen LogP contribution in [0.15, 0.2) is 0 Å². The van der Waals surface area contributed by atoms with Crippen LogP contribution >= 0.6 is 0 Å². The van der Waals surface area contributed by atoms with E-state index in [1.807, 2.05) is 6.92 Å². The van der Waals surface area contributed by atoms with Crippen LogP contribution in [-0.2, 0) is 9.53 Å². The van der Waals surface area contributed by atoms with Gasteiger partial charge in [-0.25, -0.2) is 9.59 Å². The number of carboxylic acids is 1. The van der Waals surface area contributed by atoms with Crippen LogP contribution in [0.3, 0.4) is 0 Å². The third kappa shape index (κ3) is 3.91. The van der Waals surface area contributed by atoms with Gasteiger partial charge in [-0.15, -0.1) is 0 Å². The first-order valence-electron chi connectivity index (χ1n) is 6.29. The zero-order chi connectivity index (χ0) is 12.7. The fraction of sp³-hybridized carbons (Fsp3) is 0.833. The quantitative estimate of drug-likeness (QED) is 0.726. The van der Waals surface area contributed by atoms with E-state index in [1.54, 1.807) is 0 Å². The minimum atomic E-state index is -1.11. The molecular formula is C12H21NO4. The maximum atomic E-state index is 11.5. The van der Waals surface area contributed by atoms with E-state index in [0.717, 1.165) is 32.1 Å². The van der Waals surface area contributed by atoms with Gasteiger partial charge < -0.3 is 15.2 Å². The second-order valence-corrected chi connectivity index (χ2v) is 4.56. The van der Waals surface area contributed by atoms with Crippen molar-refractivity contribution in [1.29, 1.82) is 0 Å². The van der Waals surface area contributed by atoms with Crippen molar-refractivity contribution in [2.45, 2.75) is 57.4 Å². The molecule has 0 heterocycles. The van der Waals surface area contributed by atoms with E-state index in [0.29, 0.717) is 19.4 Å². The highest BCUT2D eigenvalue weighted by atomic mass is 16.5. The van der Waals surface area contributed by atoms with Crippen molar-refractivity contribution in [3.63, 3.8) is 0 Å². The van der Waals surface area contributed by atoms with Gasteiger partial charge >= 0.3 is 12.1 Å². The van der Waals surface area contributed by atoms with E-state index in [4.69, 9.17) is 4.74 Å². The molecule has 2 N–H and O–H groups in total. The van der Waals surface area contributed by atoms with E-state index in [1.165, 1.54) is 0 Å². The number of rotatable bonds is 5. The highest BCUT2D eigenvalue weighted by Gasteiger charge is 2.41. The molecule has 5 heteroatoms. The molecule has 0 aliphatic heterocycles. The van der Waals surface area contributed by atoms with Crippen molar-refractivity contribution in [3.8, 4) is 0 Å². The molecule has 5 nitrogen and oxygen atoms in total. The lowest BCUT2D eigenvalue weighted by Gasteiger charge is -2.33. The van der Waals surface area contributed by atoms with Crippen molar-refractivity contribution in [3.05, 3.63) is 0 Å². The number of hydrogen-bond acceptors (Lipinski definition) is 3. The van der Waals surface area contributed by atoms with Crippen LogP contribution in [0, 0.1) is 0 Å². The molecule has 1 aliphatic carbocycles. The Morgan fingerprint density at radius 3 is 2.47 bits per heavy atom. The predicted octanol–water partition coefficient (Wildman–Crippen LogP) is 2.30. The molecule has 0 aromatic heterocycles. The molecule has 0 radical (unpaired) electrons. The molecule has 0 bridgehead atoms. The van der Waals surface area contributed by atoms with Gasteiger partial charge in [0.1, 0.15) is 5.54 Å². The number of alkyl carbamates (subject to hydrolysis) is 1. The number of ether oxygens (including phenoxy) is 1. The molecule has 1 saturated carbocycles. The Morgan fingerprint density at radius 2 is 1.94 bits per heavy atom. The summed E-state index contributed by atoms with van der Waals surface area (Å²) in [4.78, 5) is 22.8. The smallest absolute Gasteiger partial charge is 0.408 e. The van der Waals surface area contributed by atoms with Crippen molar-refractivity contribution < 1.29 is 19.4 Å². The molecule has 1 aliphatic rings. The van der Waals surface area contributed by atoms with Crippen LogP contribution in [0.1, 0.15) is 51.9 Å². The first-order chi connectivity index (χ1) is 8.10. The minimum Gasteiger partial charge on any atom is -0.480 e. The summed E-state index contributed by atoms with van der Waals surface area (Å²) in [5.41, 5.74) is -1.11. The summed E-state index contributed by atoms with van der Waals surface area (Å²) >= 11 is 0. The predicted molar refractivity (Wildman–Crippen MR) is 62.8 cm³/mol. The number of amides is 1. The maximum Gasteiger partial charge on any atom is 0.408 e. The Kier molecular flexibility index (Phi) is 5.25. The molecule has 98 valence electrons. The lowest BCUT2D eigenvalue weighted by atomic mass is 9.82. The molecule has 17 heavy (non-hydrogen) atoms. The Balaban J connectivity index is 2.48. The summed E-state index contributed by atoms with van der Waals surface area (Å²) in [6.45, 7) is 2.35. The number of unbranched alkanes of at least 4 members (excludes halogenated alkanes) is 1. The van der Waals surface area contributed by atoms with E-state index in [9.17, 15) is 14.7 Å². The van der Waals surface area contributed by atoms with Crippen LogP contribution in [-0.4, -0.2) is 29.3 Å². The maximum absolute atomic E-state index is 11.5. The van der Waals surface area contributed by atoms with E-state index >= 15 is 0 Å². The van der Waals surface area contributed by atoms with E-state index < -0.39 is 17.6 Å². The standard InChI is InChI=1S/C12H21NO4/c1-2-3-9-17-11(16)13-12(10(14)15)7-5-4-6-8-12/h2-9H2,1H3,(H,13,16)(H,14,15). The Labute approximate surface area is 102 Å². The molecule has 0 saturated heterocycles. The van der Waals surface area contributed by atoms with Gasteiger partial charge in [-0.05, 0) is 19.3 Å². The fourth-order valence-electron chi connectivity index (χ4n) is 2.09. The Morgan fingerprint density at radius 1 is 1.29 bits per heavy atom. The van der Waals surface area contributed by atoms with Gasteiger partial charge in [-0.1, -0.05) is 32.6 Å². The molecule has 0 unspecified atom stereocenters. The van der Waals surface area contributed by atoms with Gasteiger partial charge in [0.2, 0.25) is 0 Å². The van der Waals surface area contributed by atoms with Crippen molar-refractivity contribution >= 4 is 12.1 Å². The monoisotopic (exact) mass is 243 g/mol. The average Bonchev–Trinajstić information content (AvgIpc) is 2.30. The number of nitrogens with one attached hydrogen (secondary N) is 1. The summed E-state index contributed by atoms with van der Waals surface area (Å²) in [6, 6.07) is 0. The van der Waals surface area contributed by atoms with Gasteiger partial charge in [-0.2, -0.15) is 0 Å². The zero-order valence-corrected chi connectivity index (χ0v) is 10.3. The highest BCUT2D eigenvalue weighted by molar-refractivity contribution is 5.84. The molecule has 0 aromatic rings. The Hall–Kier alpha value is -1.26. The lowest BCUT2D eigenvalue weighted by molar-refractivity contribution is -0.146. The van der Waals surface area contributed by atoms with Gasteiger partial charge in [0.25, 0.3) is 0 Å². The van der Waals surface area contributed by atoms with Gasteiger partial charge in [0.05, 0.1) is 6.61 Å². The van der Waals surface area contributed by atoms with Gasteiger partial charge in [0.15, 0.2) is 0 Å². The molecule has 1 amide bonds. The molecule has 0 atom stereocenters. The molecule has 1 fully saturated rings. The topological polar surface area (TPSA) is 75.6 Å². The number of carboxylic acid groups (broad SMARTS) is 1. The van der Waals surface area contributed by atoms with Crippen molar-refractivity contribution in [2.24, 2.45) is 0 Å². The first kappa shape index (κ1) is 13.8. The van der Waals surface area contributed by atoms with E-state index in [2.05, 4.69) is 5.32 Å². The average molecular weight is 243 g/mol. The summed E-state index contributed by atoms with van der Waals surface area (Å²) in [7, 11) is 0.